The van der Waals surface area contributed by atoms with Crippen molar-refractivity contribution in [3.8, 4) is 0 Å². The zero-order valence-electron chi connectivity index (χ0n) is 7.68. The Morgan fingerprint density at radius 1 is 0.833 bits per heavy atom. The van der Waals surface area contributed by atoms with Gasteiger partial charge in [0.1, 0.15) is 0 Å². The topological polar surface area (TPSA) is 190 Å². The number of hydrogen-bond donors (Lipinski definition) is 3. The second-order valence-corrected chi connectivity index (χ2v) is 8.29. The van der Waals surface area contributed by atoms with Gasteiger partial charge in [0.25, 0.3) is 0 Å². The van der Waals surface area contributed by atoms with E-state index in [1.54, 1.807) is 0 Å². The van der Waals surface area contributed by atoms with E-state index in [2.05, 4.69) is 5.84 Å². The van der Waals surface area contributed by atoms with E-state index in [9.17, 15) is 41.4 Å². The molecule has 4 N–H and O–H groups in total. The van der Waals surface area contributed by atoms with Crippen LogP contribution in [0.2, 0.25) is 0 Å². The van der Waals surface area contributed by atoms with Crippen molar-refractivity contribution >= 4 is 41.2 Å². The Hall–Kier alpha value is -0.500. The fraction of sp³-hybridized carbons (Fsp3) is 0. The maximum atomic E-state index is 12.1. The molecule has 0 aliphatic rings. The van der Waals surface area contributed by atoms with Crippen molar-refractivity contribution in [1.29, 1.82) is 0 Å². The van der Waals surface area contributed by atoms with E-state index in [-0.39, 0.29) is 4.13 Å². The molecule has 0 heterocycles. The normalized spacial score (nSPS) is 14.9. The monoisotopic (exact) mass is 354 g/mol. The van der Waals surface area contributed by atoms with Gasteiger partial charge in [0.2, 0.25) is 0 Å². The molecule has 0 saturated carbocycles. The standard InChI is InChI=1S/F2H4N4O8S4/c1-15(7,8)4-17(11,12)5-18(13,14)6(3)16(2,9)10/h4-5H,3H2. The molecule has 0 aliphatic heterocycles. The average Bonchev–Trinajstić information content (AvgIpc) is 1.93. The molecule has 18 heavy (non-hydrogen) atoms. The Bertz CT molecular complexity index is 712. The number of hydrazine groups is 1. The Labute approximate surface area is 101 Å². The molecule has 0 aromatic rings. The minimum atomic E-state index is -6.05. The van der Waals surface area contributed by atoms with Crippen LogP contribution in [-0.4, -0.2) is 37.5 Å². The maximum absolute atomic E-state index is 12.1. The van der Waals surface area contributed by atoms with Gasteiger partial charge >= 0.3 is 41.2 Å². The molecule has 0 amide bonds. The lowest BCUT2D eigenvalue weighted by Gasteiger charge is -2.11. The molecule has 0 aliphatic carbocycles. The van der Waals surface area contributed by atoms with Crippen LogP contribution in [0.1, 0.15) is 0 Å². The molecule has 0 rings (SSSR count). The molecule has 110 valence electrons. The zero-order chi connectivity index (χ0) is 15.0. The van der Waals surface area contributed by atoms with Gasteiger partial charge in [-0.1, -0.05) is 16.0 Å². The molecule has 0 atom stereocenters. The van der Waals surface area contributed by atoms with Gasteiger partial charge in [-0.05, 0) is 0 Å². The summed E-state index contributed by atoms with van der Waals surface area (Å²) in [4.78, 5) is 0. The SMILES string of the molecule is NN(S(=O)(=O)F)S(=O)(=O)NS(=O)(=O)NS(=O)(=O)F. The van der Waals surface area contributed by atoms with Gasteiger partial charge in [0.15, 0.2) is 0 Å². The smallest absolute Gasteiger partial charge is 0.237 e. The number of nitrogens with two attached hydrogens (primary N) is 1. The molecule has 0 aromatic carbocycles. The number of nitrogens with one attached hydrogen (secondary N) is 2. The molecule has 12 nitrogen and oxygen atoms in total. The lowest BCUT2D eigenvalue weighted by atomic mass is 13.0. The predicted molar refractivity (Wildman–Crippen MR) is 50.2 cm³/mol. The van der Waals surface area contributed by atoms with E-state index in [4.69, 9.17) is 0 Å². The quantitative estimate of drug-likeness (QED) is 0.244. The largest absolute Gasteiger partial charge is 0.402 e. The summed E-state index contributed by atoms with van der Waals surface area (Å²) in [5.74, 6) is 4.18. The van der Waals surface area contributed by atoms with Gasteiger partial charge in [0, 0.05) is 3.82 Å². The second kappa shape index (κ2) is 4.88. The van der Waals surface area contributed by atoms with Gasteiger partial charge in [-0.3, -0.25) is 0 Å². The van der Waals surface area contributed by atoms with Gasteiger partial charge in [-0.25, -0.2) is 5.84 Å². The summed E-state index contributed by atoms with van der Waals surface area (Å²) in [6, 6.07) is 0. The predicted octanol–water partition coefficient (Wildman–Crippen LogP) is -3.74. The molecule has 0 aromatic heterocycles. The number of nitrogens with zero attached hydrogens (tertiary/aromatic N) is 1. The highest BCUT2D eigenvalue weighted by Gasteiger charge is 2.36. The van der Waals surface area contributed by atoms with Crippen molar-refractivity contribution in [2.75, 3.05) is 0 Å². The highest BCUT2D eigenvalue weighted by atomic mass is 32.3. The van der Waals surface area contributed by atoms with Crippen LogP contribution >= 0.6 is 0 Å². The Balaban J connectivity index is 5.38. The van der Waals surface area contributed by atoms with Crippen molar-refractivity contribution < 1.29 is 41.4 Å². The fourth-order valence-electron chi connectivity index (χ4n) is 0.441. The van der Waals surface area contributed by atoms with E-state index >= 15 is 0 Å². The first-order valence-corrected chi connectivity index (χ1v) is 8.73. The van der Waals surface area contributed by atoms with Crippen LogP contribution in [0.25, 0.3) is 0 Å². The number of hydrogen-bond acceptors (Lipinski definition) is 9. The first kappa shape index (κ1) is 17.5. The summed E-state index contributed by atoms with van der Waals surface area (Å²) in [5, 5.41) is 0. The van der Waals surface area contributed by atoms with Crippen LogP contribution in [-0.2, 0) is 41.2 Å². The second-order valence-electron chi connectivity index (χ2n) is 2.28. The minimum absolute atomic E-state index is 0.146. The molecule has 0 unspecified atom stereocenters. The Morgan fingerprint density at radius 3 is 1.50 bits per heavy atom. The molecule has 18 heteroatoms. The average molecular weight is 354 g/mol. The van der Waals surface area contributed by atoms with Crippen LogP contribution in [0, 0.1) is 0 Å². The summed E-state index contributed by atoms with van der Waals surface area (Å²) >= 11 is 0. The van der Waals surface area contributed by atoms with Crippen LogP contribution in [0.4, 0.5) is 7.77 Å². The van der Waals surface area contributed by atoms with E-state index in [0.717, 1.165) is 0 Å². The minimum Gasteiger partial charge on any atom is -0.237 e. The molecular formula is H4F2N4O8S4. The van der Waals surface area contributed by atoms with Gasteiger partial charge in [-0.15, -0.1) is 0 Å². The highest BCUT2D eigenvalue weighted by molar-refractivity contribution is 8.11. The van der Waals surface area contributed by atoms with E-state index in [1.165, 1.54) is 0 Å². The third-order valence-corrected chi connectivity index (χ3v) is 6.30. The number of halogens is 2. The lowest BCUT2D eigenvalue weighted by molar-refractivity contribution is 0.471. The Kier molecular flexibility index (Phi) is 4.74. The van der Waals surface area contributed by atoms with Crippen LogP contribution in [0.3, 0.4) is 0 Å². The van der Waals surface area contributed by atoms with Crippen molar-refractivity contribution in [3.05, 3.63) is 0 Å². The fourth-order valence-corrected chi connectivity index (χ4v) is 4.55. The summed E-state index contributed by atoms with van der Waals surface area (Å²) in [6.45, 7) is 0. The van der Waals surface area contributed by atoms with Crippen molar-refractivity contribution in [1.82, 2.24) is 12.1 Å². The zero-order valence-corrected chi connectivity index (χ0v) is 10.9. The van der Waals surface area contributed by atoms with Gasteiger partial charge in [0.05, 0.1) is 0 Å². The molecular weight excluding hydrogens is 350 g/mol. The highest BCUT2D eigenvalue weighted by Crippen LogP contribution is 2.03. The van der Waals surface area contributed by atoms with Gasteiger partial charge in [-0.2, -0.15) is 33.7 Å². The van der Waals surface area contributed by atoms with Crippen molar-refractivity contribution in [2.45, 2.75) is 0 Å². The third kappa shape index (κ3) is 5.90. The summed E-state index contributed by atoms with van der Waals surface area (Å²) in [5.41, 5.74) is 0. The summed E-state index contributed by atoms with van der Waals surface area (Å²) < 4.78 is 106. The third-order valence-electron chi connectivity index (χ3n) is 0.876. The van der Waals surface area contributed by atoms with Crippen molar-refractivity contribution in [3.63, 3.8) is 0 Å². The Morgan fingerprint density at radius 2 is 1.22 bits per heavy atom. The summed E-state index contributed by atoms with van der Waals surface area (Å²) in [7, 11) is -23.3. The maximum Gasteiger partial charge on any atom is 0.402 e. The first-order valence-electron chi connectivity index (χ1n) is 3.08. The molecule has 0 fully saturated rings. The van der Waals surface area contributed by atoms with E-state index in [1.807, 2.05) is 0 Å². The van der Waals surface area contributed by atoms with Crippen LogP contribution in [0.15, 0.2) is 0 Å². The van der Waals surface area contributed by atoms with Crippen molar-refractivity contribution in [2.24, 2.45) is 5.84 Å². The van der Waals surface area contributed by atoms with E-state index < -0.39 is 45.1 Å². The summed E-state index contributed by atoms with van der Waals surface area (Å²) in [6.07, 6.45) is 0. The van der Waals surface area contributed by atoms with Crippen LogP contribution in [0.5, 0.6) is 0 Å². The molecule has 0 spiro atoms. The lowest BCUT2D eigenvalue weighted by Crippen LogP contribution is -2.51. The van der Waals surface area contributed by atoms with E-state index in [0.29, 0.717) is 4.13 Å². The molecule has 0 saturated heterocycles. The molecule has 0 radical (unpaired) electrons. The first-order chi connectivity index (χ1) is 7.57. The number of rotatable bonds is 6. The van der Waals surface area contributed by atoms with Gasteiger partial charge < -0.3 is 0 Å². The molecule has 0 bridgehead atoms. The van der Waals surface area contributed by atoms with Crippen LogP contribution < -0.4 is 14.1 Å².